The quantitative estimate of drug-likeness (QED) is 0.706. The molecule has 6 heteroatoms. The van der Waals surface area contributed by atoms with Gasteiger partial charge in [-0.15, -0.1) is 0 Å². The molecule has 1 aliphatic heterocycles. The predicted molar refractivity (Wildman–Crippen MR) is 96.7 cm³/mol. The van der Waals surface area contributed by atoms with Crippen molar-refractivity contribution >= 4 is 23.1 Å². The molecule has 1 heterocycles. The smallest absolute Gasteiger partial charge is 0.391 e. The number of para-hydroxylation sites is 1. The average molecular weight is 369 g/mol. The van der Waals surface area contributed by atoms with E-state index in [0.29, 0.717) is 12.1 Å². The minimum absolute atomic E-state index is 0.266. The Morgan fingerprint density at radius 3 is 2.32 bits per heavy atom. The largest absolute Gasteiger partial charge is 0.416 e. The summed E-state index contributed by atoms with van der Waals surface area (Å²) >= 11 is 1.45. The lowest BCUT2D eigenvalue weighted by Crippen LogP contribution is -2.30. The molecule has 2 aromatic rings. The van der Waals surface area contributed by atoms with Crippen molar-refractivity contribution in [3.8, 4) is 0 Å². The lowest BCUT2D eigenvalue weighted by molar-refractivity contribution is -0.137. The Hall–Kier alpha value is -1.66. The summed E-state index contributed by atoms with van der Waals surface area (Å²) in [6, 6.07) is 11.3. The van der Waals surface area contributed by atoms with E-state index >= 15 is 0 Å². The molecule has 0 saturated heterocycles. The Morgan fingerprint density at radius 1 is 1.04 bits per heavy atom. The monoisotopic (exact) mass is 369 g/mol. The van der Waals surface area contributed by atoms with E-state index in [-0.39, 0.29) is 6.54 Å². The van der Waals surface area contributed by atoms with Gasteiger partial charge in [-0.1, -0.05) is 44.7 Å². The molecule has 1 N–H and O–H groups in total. The minimum atomic E-state index is -4.38. The highest BCUT2D eigenvalue weighted by Gasteiger charge is 2.33. The normalized spacial score (nSPS) is 14.1. The van der Waals surface area contributed by atoms with Crippen molar-refractivity contribution in [2.24, 2.45) is 0 Å². The number of β-amino-alcohol motifs (C(OH)–C–C–N with tert-alkyl or cyclic N) is 1. The molecule has 0 bridgehead atoms. The maximum Gasteiger partial charge on any atom is 0.416 e. The van der Waals surface area contributed by atoms with Crippen LogP contribution in [0.5, 0.6) is 0 Å². The third-order valence-corrected chi connectivity index (χ3v) is 4.95. The molecule has 1 unspecified atom stereocenters. The maximum absolute atomic E-state index is 13.0. The second-order valence-electron chi connectivity index (χ2n) is 5.42. The van der Waals surface area contributed by atoms with E-state index in [0.717, 1.165) is 21.5 Å². The van der Waals surface area contributed by atoms with Crippen molar-refractivity contribution in [1.29, 1.82) is 0 Å². The van der Waals surface area contributed by atoms with Crippen LogP contribution in [0.25, 0.3) is 0 Å². The fourth-order valence-corrected chi connectivity index (χ4v) is 3.62. The van der Waals surface area contributed by atoms with E-state index in [4.69, 9.17) is 0 Å². The zero-order chi connectivity index (χ0) is 18.6. The summed E-state index contributed by atoms with van der Waals surface area (Å²) in [5, 5.41) is 10.0. The van der Waals surface area contributed by atoms with Gasteiger partial charge in [0.1, 0.15) is 0 Å². The van der Waals surface area contributed by atoms with E-state index in [2.05, 4.69) is 0 Å². The van der Waals surface area contributed by atoms with E-state index < -0.39 is 17.8 Å². The summed E-state index contributed by atoms with van der Waals surface area (Å²) in [5.74, 6) is 0. The van der Waals surface area contributed by atoms with Crippen LogP contribution in [-0.4, -0.2) is 17.8 Å². The van der Waals surface area contributed by atoms with Gasteiger partial charge in [-0.3, -0.25) is 0 Å². The Labute approximate surface area is 150 Å². The standard InChI is InChI=1S/C17H16F3NOS.C2H6/c1-2-12(22)10-21-13-5-3-4-6-15(13)23-16-8-7-11(9-14(16)21)17(18,19)20;1-2/h3-9,12,22H,2,10H2,1H3;1-2H3. The number of benzene rings is 2. The first-order valence-electron chi connectivity index (χ1n) is 8.34. The zero-order valence-corrected chi connectivity index (χ0v) is 15.3. The molecule has 3 rings (SSSR count). The van der Waals surface area contributed by atoms with Gasteiger partial charge >= 0.3 is 6.18 Å². The Kier molecular flexibility index (Phi) is 6.41. The molecule has 0 saturated carbocycles. The summed E-state index contributed by atoms with van der Waals surface area (Å²) < 4.78 is 39.1. The van der Waals surface area contributed by atoms with Gasteiger partial charge in [-0.25, -0.2) is 0 Å². The number of hydrogen-bond acceptors (Lipinski definition) is 3. The van der Waals surface area contributed by atoms with Crippen LogP contribution < -0.4 is 4.90 Å². The van der Waals surface area contributed by atoms with E-state index in [1.807, 2.05) is 45.0 Å². The van der Waals surface area contributed by atoms with Gasteiger partial charge in [0.25, 0.3) is 0 Å². The maximum atomic E-state index is 13.0. The van der Waals surface area contributed by atoms with Crippen LogP contribution >= 0.6 is 11.8 Å². The number of nitrogens with zero attached hydrogens (tertiary/aromatic N) is 1. The minimum Gasteiger partial charge on any atom is -0.391 e. The van der Waals surface area contributed by atoms with Gasteiger partial charge in [-0.2, -0.15) is 13.2 Å². The first-order valence-corrected chi connectivity index (χ1v) is 9.15. The molecule has 0 aliphatic carbocycles. The highest BCUT2D eigenvalue weighted by Crippen LogP contribution is 2.49. The summed E-state index contributed by atoms with van der Waals surface area (Å²) in [6.45, 7) is 6.12. The van der Waals surface area contributed by atoms with Crippen LogP contribution in [0, 0.1) is 0 Å². The molecule has 2 nitrogen and oxygen atoms in total. The molecule has 0 amide bonds. The van der Waals surface area contributed by atoms with Crippen molar-refractivity contribution in [3.05, 3.63) is 48.0 Å². The van der Waals surface area contributed by atoms with E-state index in [1.54, 1.807) is 4.90 Å². The Balaban J connectivity index is 0.00000109. The topological polar surface area (TPSA) is 23.5 Å². The van der Waals surface area contributed by atoms with E-state index in [1.165, 1.54) is 23.9 Å². The molecule has 1 atom stereocenters. The van der Waals surface area contributed by atoms with Gasteiger partial charge in [-0.05, 0) is 36.8 Å². The van der Waals surface area contributed by atoms with Gasteiger partial charge in [0, 0.05) is 16.3 Å². The molecule has 0 aromatic heterocycles. The molecular formula is C19H22F3NOS. The fourth-order valence-electron chi connectivity index (χ4n) is 2.54. The van der Waals surface area contributed by atoms with Crippen molar-refractivity contribution in [2.45, 2.75) is 49.3 Å². The number of anilines is 2. The van der Waals surface area contributed by atoms with Crippen molar-refractivity contribution in [1.82, 2.24) is 0 Å². The number of fused-ring (bicyclic) bond motifs is 2. The van der Waals surface area contributed by atoms with Crippen molar-refractivity contribution in [2.75, 3.05) is 11.4 Å². The third kappa shape index (κ3) is 4.30. The second-order valence-corrected chi connectivity index (χ2v) is 6.51. The first-order chi connectivity index (χ1) is 11.9. The van der Waals surface area contributed by atoms with Crippen LogP contribution in [0.3, 0.4) is 0 Å². The predicted octanol–water partition coefficient (Wildman–Crippen LogP) is 6.11. The molecule has 25 heavy (non-hydrogen) atoms. The number of hydrogen-bond donors (Lipinski definition) is 1. The Bertz CT molecular complexity index is 718. The molecule has 0 spiro atoms. The van der Waals surface area contributed by atoms with Crippen LogP contribution in [0.1, 0.15) is 32.8 Å². The van der Waals surface area contributed by atoms with Crippen molar-refractivity contribution in [3.63, 3.8) is 0 Å². The summed E-state index contributed by atoms with van der Waals surface area (Å²) in [5.41, 5.74) is 0.653. The van der Waals surface area contributed by atoms with Crippen LogP contribution in [0.4, 0.5) is 24.5 Å². The molecule has 1 aliphatic rings. The van der Waals surface area contributed by atoms with Gasteiger partial charge in [0.15, 0.2) is 0 Å². The lowest BCUT2D eigenvalue weighted by atomic mass is 10.1. The molecule has 2 aromatic carbocycles. The number of aliphatic hydroxyl groups is 1. The third-order valence-electron chi connectivity index (χ3n) is 3.82. The summed E-state index contributed by atoms with van der Waals surface area (Å²) in [4.78, 5) is 3.52. The van der Waals surface area contributed by atoms with E-state index in [9.17, 15) is 18.3 Å². The SMILES string of the molecule is CC.CCC(O)CN1c2ccccc2Sc2ccc(C(F)(F)F)cc21. The highest BCUT2D eigenvalue weighted by molar-refractivity contribution is 7.99. The highest BCUT2D eigenvalue weighted by atomic mass is 32.2. The summed E-state index contributed by atoms with van der Waals surface area (Å²) in [6.07, 6.45) is -4.44. The van der Waals surface area contributed by atoms with Crippen molar-refractivity contribution < 1.29 is 18.3 Å². The Morgan fingerprint density at radius 2 is 1.68 bits per heavy atom. The zero-order valence-electron chi connectivity index (χ0n) is 14.5. The number of rotatable bonds is 3. The van der Waals surface area contributed by atoms with Gasteiger partial charge in [0.2, 0.25) is 0 Å². The molecular weight excluding hydrogens is 347 g/mol. The molecule has 0 radical (unpaired) electrons. The lowest BCUT2D eigenvalue weighted by Gasteiger charge is -2.34. The number of aliphatic hydroxyl groups excluding tert-OH is 1. The van der Waals surface area contributed by atoms with Gasteiger partial charge < -0.3 is 10.0 Å². The van der Waals surface area contributed by atoms with Crippen LogP contribution in [-0.2, 0) is 6.18 Å². The first kappa shape index (κ1) is 19.7. The van der Waals surface area contributed by atoms with Gasteiger partial charge in [0.05, 0.1) is 23.0 Å². The molecule has 136 valence electrons. The number of halogens is 3. The van der Waals surface area contributed by atoms with Crippen LogP contribution in [0.2, 0.25) is 0 Å². The molecule has 0 fully saturated rings. The second kappa shape index (κ2) is 8.15. The number of alkyl halides is 3. The average Bonchev–Trinajstić information content (AvgIpc) is 2.61. The van der Waals surface area contributed by atoms with Crippen LogP contribution in [0.15, 0.2) is 52.3 Å². The summed E-state index contributed by atoms with van der Waals surface area (Å²) in [7, 11) is 0. The fraction of sp³-hybridized carbons (Fsp3) is 0.368.